The van der Waals surface area contributed by atoms with Crippen LogP contribution in [0, 0.1) is 0 Å². The summed E-state index contributed by atoms with van der Waals surface area (Å²) in [6, 6.07) is 0.943. The number of rotatable bonds is 5. The Hall–Kier alpha value is -1.10. The molecular weight excluding hydrogens is 244 g/mol. The fourth-order valence-electron chi connectivity index (χ4n) is 3.10. The average Bonchev–Trinajstić information content (AvgIpc) is 2.84. The van der Waals surface area contributed by atoms with Crippen LogP contribution in [-0.4, -0.2) is 48.6 Å². The molecule has 0 aromatic carbocycles. The number of piperidine rings is 1. The van der Waals surface area contributed by atoms with Gasteiger partial charge < -0.3 is 15.0 Å². The molecule has 2 aliphatic rings. The smallest absolute Gasteiger partial charge is 0.306 e. The van der Waals surface area contributed by atoms with Crippen LogP contribution < -0.4 is 5.32 Å². The molecule has 0 bridgehead atoms. The molecule has 2 rings (SSSR count). The van der Waals surface area contributed by atoms with Crippen molar-refractivity contribution in [3.05, 3.63) is 0 Å². The van der Waals surface area contributed by atoms with E-state index in [-0.39, 0.29) is 30.8 Å². The first-order valence-corrected chi connectivity index (χ1v) is 7.38. The maximum absolute atomic E-state index is 11.8. The van der Waals surface area contributed by atoms with Gasteiger partial charge in [-0.2, -0.15) is 0 Å². The summed E-state index contributed by atoms with van der Waals surface area (Å²) in [7, 11) is 0. The lowest BCUT2D eigenvalue weighted by atomic mass is 9.97. The highest BCUT2D eigenvalue weighted by atomic mass is 16.5. The van der Waals surface area contributed by atoms with E-state index in [2.05, 4.69) is 10.2 Å². The monoisotopic (exact) mass is 268 g/mol. The number of hydrogen-bond acceptors (Lipinski definition) is 4. The highest BCUT2D eigenvalue weighted by molar-refractivity contribution is 5.81. The van der Waals surface area contributed by atoms with E-state index in [1.165, 1.54) is 19.4 Å². The first-order chi connectivity index (χ1) is 9.19. The van der Waals surface area contributed by atoms with E-state index in [1.807, 2.05) is 0 Å². The lowest BCUT2D eigenvalue weighted by Crippen LogP contribution is -2.47. The second-order valence-electron chi connectivity index (χ2n) is 5.43. The standard InChI is InChI=1S/C14H24N2O3/c1-2-19-14(18)6-5-13(17)15-11-7-9-16-8-3-4-12(16)10-11/h11-12H,2-10H2,1H3,(H,15,17). The molecular formula is C14H24N2O3. The van der Waals surface area contributed by atoms with E-state index in [1.54, 1.807) is 6.92 Å². The van der Waals surface area contributed by atoms with Crippen LogP contribution in [0.5, 0.6) is 0 Å². The molecule has 5 nitrogen and oxygen atoms in total. The van der Waals surface area contributed by atoms with Gasteiger partial charge in [0.1, 0.15) is 0 Å². The molecule has 0 aliphatic carbocycles. The normalized spacial score (nSPS) is 26.8. The van der Waals surface area contributed by atoms with Crippen LogP contribution >= 0.6 is 0 Å². The van der Waals surface area contributed by atoms with Gasteiger partial charge in [0, 0.05) is 25.0 Å². The molecule has 2 fully saturated rings. The summed E-state index contributed by atoms with van der Waals surface area (Å²) in [5.41, 5.74) is 0. The van der Waals surface area contributed by atoms with Gasteiger partial charge in [-0.15, -0.1) is 0 Å². The SMILES string of the molecule is CCOC(=O)CCC(=O)NC1CCN2CCCC2C1. The molecule has 2 aliphatic heterocycles. The minimum Gasteiger partial charge on any atom is -0.466 e. The van der Waals surface area contributed by atoms with E-state index in [0.29, 0.717) is 12.6 Å². The van der Waals surface area contributed by atoms with Gasteiger partial charge in [-0.25, -0.2) is 0 Å². The summed E-state index contributed by atoms with van der Waals surface area (Å²) < 4.78 is 4.81. The lowest BCUT2D eigenvalue weighted by Gasteiger charge is -2.35. The molecule has 1 amide bonds. The van der Waals surface area contributed by atoms with Crippen molar-refractivity contribution in [2.75, 3.05) is 19.7 Å². The fraction of sp³-hybridized carbons (Fsp3) is 0.857. The molecule has 0 aromatic heterocycles. The number of fused-ring (bicyclic) bond motifs is 1. The number of hydrogen-bond donors (Lipinski definition) is 1. The van der Waals surface area contributed by atoms with Gasteiger partial charge >= 0.3 is 5.97 Å². The maximum Gasteiger partial charge on any atom is 0.306 e. The number of carbonyl (C=O) groups is 2. The van der Waals surface area contributed by atoms with Crippen LogP contribution in [-0.2, 0) is 14.3 Å². The number of ether oxygens (including phenoxy) is 1. The first kappa shape index (κ1) is 14.3. The van der Waals surface area contributed by atoms with E-state index in [0.717, 1.165) is 19.4 Å². The topological polar surface area (TPSA) is 58.6 Å². The second kappa shape index (κ2) is 6.89. The Kier molecular flexibility index (Phi) is 5.19. The number of esters is 1. The number of nitrogens with one attached hydrogen (secondary N) is 1. The zero-order chi connectivity index (χ0) is 13.7. The minimum atomic E-state index is -0.289. The second-order valence-corrected chi connectivity index (χ2v) is 5.43. The summed E-state index contributed by atoms with van der Waals surface area (Å²) in [6.07, 6.45) is 5.06. The van der Waals surface area contributed by atoms with Gasteiger partial charge in [-0.05, 0) is 39.2 Å². The molecule has 2 unspecified atom stereocenters. The Morgan fingerprint density at radius 3 is 2.89 bits per heavy atom. The largest absolute Gasteiger partial charge is 0.466 e. The van der Waals surface area contributed by atoms with E-state index >= 15 is 0 Å². The van der Waals surface area contributed by atoms with Gasteiger partial charge in [0.15, 0.2) is 0 Å². The van der Waals surface area contributed by atoms with Gasteiger partial charge in [0.2, 0.25) is 5.91 Å². The zero-order valence-electron chi connectivity index (χ0n) is 11.7. The molecule has 5 heteroatoms. The molecule has 108 valence electrons. The van der Waals surface area contributed by atoms with Crippen molar-refractivity contribution in [1.82, 2.24) is 10.2 Å². The Bertz CT molecular complexity index is 333. The van der Waals surface area contributed by atoms with Crippen LogP contribution in [0.1, 0.15) is 45.4 Å². The first-order valence-electron chi connectivity index (χ1n) is 7.38. The Morgan fingerprint density at radius 2 is 2.11 bits per heavy atom. The summed E-state index contributed by atoms with van der Waals surface area (Å²) in [6.45, 7) is 4.45. The molecule has 0 radical (unpaired) electrons. The maximum atomic E-state index is 11.8. The third-order valence-corrected chi connectivity index (χ3v) is 4.05. The zero-order valence-corrected chi connectivity index (χ0v) is 11.7. The van der Waals surface area contributed by atoms with Crippen LogP contribution in [0.4, 0.5) is 0 Å². The van der Waals surface area contributed by atoms with Gasteiger partial charge in [0.25, 0.3) is 0 Å². The van der Waals surface area contributed by atoms with Crippen molar-refractivity contribution in [3.63, 3.8) is 0 Å². The Labute approximate surface area is 114 Å². The van der Waals surface area contributed by atoms with Crippen molar-refractivity contribution in [2.24, 2.45) is 0 Å². The van der Waals surface area contributed by atoms with E-state index < -0.39 is 0 Å². The molecule has 19 heavy (non-hydrogen) atoms. The van der Waals surface area contributed by atoms with E-state index in [9.17, 15) is 9.59 Å². The van der Waals surface area contributed by atoms with Crippen molar-refractivity contribution in [2.45, 2.75) is 57.5 Å². The molecule has 0 aromatic rings. The number of carbonyl (C=O) groups excluding carboxylic acids is 2. The molecule has 2 atom stereocenters. The third kappa shape index (κ3) is 4.20. The van der Waals surface area contributed by atoms with Crippen LogP contribution in [0.25, 0.3) is 0 Å². The molecule has 0 spiro atoms. The summed E-state index contributed by atoms with van der Waals surface area (Å²) >= 11 is 0. The number of amides is 1. The van der Waals surface area contributed by atoms with Crippen LogP contribution in [0.15, 0.2) is 0 Å². The van der Waals surface area contributed by atoms with Crippen molar-refractivity contribution in [3.8, 4) is 0 Å². The summed E-state index contributed by atoms with van der Waals surface area (Å²) in [4.78, 5) is 25.5. The van der Waals surface area contributed by atoms with Crippen molar-refractivity contribution < 1.29 is 14.3 Å². The number of nitrogens with zero attached hydrogens (tertiary/aromatic N) is 1. The third-order valence-electron chi connectivity index (χ3n) is 4.05. The molecule has 2 heterocycles. The van der Waals surface area contributed by atoms with Gasteiger partial charge in [-0.1, -0.05) is 0 Å². The molecule has 0 saturated carbocycles. The molecule has 2 saturated heterocycles. The predicted molar refractivity (Wildman–Crippen MR) is 71.6 cm³/mol. The average molecular weight is 268 g/mol. The van der Waals surface area contributed by atoms with Crippen LogP contribution in [0.2, 0.25) is 0 Å². The Balaban J connectivity index is 1.66. The Morgan fingerprint density at radius 1 is 1.26 bits per heavy atom. The van der Waals surface area contributed by atoms with E-state index in [4.69, 9.17) is 4.74 Å². The predicted octanol–water partition coefficient (Wildman–Crippen LogP) is 1.07. The summed E-state index contributed by atoms with van der Waals surface area (Å²) in [5.74, 6) is -0.312. The minimum absolute atomic E-state index is 0.0236. The molecule has 1 N–H and O–H groups in total. The quantitative estimate of drug-likeness (QED) is 0.758. The summed E-state index contributed by atoms with van der Waals surface area (Å²) in [5, 5.41) is 3.06. The lowest BCUT2D eigenvalue weighted by molar-refractivity contribution is -0.144. The highest BCUT2D eigenvalue weighted by Gasteiger charge is 2.32. The highest BCUT2D eigenvalue weighted by Crippen LogP contribution is 2.26. The van der Waals surface area contributed by atoms with Crippen molar-refractivity contribution in [1.29, 1.82) is 0 Å². The van der Waals surface area contributed by atoms with Crippen LogP contribution in [0.3, 0.4) is 0 Å². The van der Waals surface area contributed by atoms with Crippen molar-refractivity contribution >= 4 is 11.9 Å². The van der Waals surface area contributed by atoms with Gasteiger partial charge in [0.05, 0.1) is 13.0 Å². The van der Waals surface area contributed by atoms with Gasteiger partial charge in [-0.3, -0.25) is 9.59 Å². The fourth-order valence-corrected chi connectivity index (χ4v) is 3.10.